The Morgan fingerprint density at radius 2 is 1.70 bits per heavy atom. The molecule has 0 saturated heterocycles. The number of hydrogen-bond donors (Lipinski definition) is 0. The maximum absolute atomic E-state index is 13.7. The van der Waals surface area contributed by atoms with Gasteiger partial charge in [-0.25, -0.2) is 0 Å². The summed E-state index contributed by atoms with van der Waals surface area (Å²) in [6.07, 6.45) is 8.76. The standard InChI is InChI=1S/C34H48O6/c1-18(2)19(3)29(38)30(40-23(7)36)21(5)28-26(39-22(6)35)16-32(9)27-11-10-24-20(4)25(37)12-13-33(24)17-34(27,33)15-14-31(28,32)8/h12-13,18,20-21,24,26-28,30H,3,10-11,14-17H2,1-2,4-9H3/t20-,21-,24-,26-,27-,28-,30+,31+,32-,33-,34-/m1/s1. The molecule has 0 radical (unpaired) electrons. The van der Waals surface area contributed by atoms with Crippen LogP contribution in [0.5, 0.6) is 0 Å². The maximum atomic E-state index is 13.7. The van der Waals surface area contributed by atoms with Crippen molar-refractivity contribution in [2.75, 3.05) is 0 Å². The second kappa shape index (κ2) is 9.39. The summed E-state index contributed by atoms with van der Waals surface area (Å²) in [6.45, 7) is 19.5. The van der Waals surface area contributed by atoms with Crippen LogP contribution in [0.4, 0.5) is 0 Å². The van der Waals surface area contributed by atoms with Crippen molar-refractivity contribution in [3.05, 3.63) is 24.3 Å². The molecule has 5 aliphatic rings. The van der Waals surface area contributed by atoms with Gasteiger partial charge in [0, 0.05) is 31.6 Å². The molecular weight excluding hydrogens is 504 g/mol. The molecule has 0 heterocycles. The van der Waals surface area contributed by atoms with E-state index < -0.39 is 12.1 Å². The Morgan fingerprint density at radius 3 is 2.30 bits per heavy atom. The van der Waals surface area contributed by atoms with E-state index in [0.29, 0.717) is 17.4 Å². The van der Waals surface area contributed by atoms with Gasteiger partial charge in [-0.3, -0.25) is 19.2 Å². The number of carbonyl (C=O) groups excluding carboxylic acids is 4. The highest BCUT2D eigenvalue weighted by molar-refractivity contribution is 5.99. The van der Waals surface area contributed by atoms with E-state index in [9.17, 15) is 19.2 Å². The Kier molecular flexibility index (Phi) is 6.87. The van der Waals surface area contributed by atoms with Crippen molar-refractivity contribution in [2.24, 2.45) is 57.2 Å². The molecule has 0 aliphatic heterocycles. The van der Waals surface area contributed by atoms with Crippen LogP contribution in [0.25, 0.3) is 0 Å². The van der Waals surface area contributed by atoms with Crippen molar-refractivity contribution >= 4 is 23.5 Å². The van der Waals surface area contributed by atoms with Crippen molar-refractivity contribution in [2.45, 2.75) is 106 Å². The van der Waals surface area contributed by atoms with Gasteiger partial charge >= 0.3 is 11.9 Å². The lowest BCUT2D eigenvalue weighted by atomic mass is 9.43. The molecule has 6 heteroatoms. The summed E-state index contributed by atoms with van der Waals surface area (Å²) in [5.74, 6) is -0.458. The molecule has 0 aromatic rings. The van der Waals surface area contributed by atoms with Crippen molar-refractivity contribution < 1.29 is 28.7 Å². The van der Waals surface area contributed by atoms with Gasteiger partial charge in [0.15, 0.2) is 17.7 Å². The summed E-state index contributed by atoms with van der Waals surface area (Å²) in [6, 6.07) is 0. The molecule has 0 N–H and O–H groups in total. The zero-order valence-corrected chi connectivity index (χ0v) is 25.7. The summed E-state index contributed by atoms with van der Waals surface area (Å²) >= 11 is 0. The van der Waals surface area contributed by atoms with Crippen LogP contribution in [0.15, 0.2) is 24.3 Å². The van der Waals surface area contributed by atoms with Gasteiger partial charge in [0.05, 0.1) is 0 Å². The average Bonchev–Trinajstić information content (AvgIpc) is 3.47. The third kappa shape index (κ3) is 3.79. The lowest BCUT2D eigenvalue weighted by Gasteiger charge is -2.61. The second-order valence-electron chi connectivity index (χ2n) is 14.8. The topological polar surface area (TPSA) is 86.7 Å². The first-order chi connectivity index (χ1) is 18.6. The fourth-order valence-corrected chi connectivity index (χ4v) is 10.9. The minimum atomic E-state index is -0.971. The summed E-state index contributed by atoms with van der Waals surface area (Å²) < 4.78 is 11.9. The fraction of sp³-hybridized carbons (Fsp3) is 0.765. The molecule has 40 heavy (non-hydrogen) atoms. The number of hydrogen-bond acceptors (Lipinski definition) is 6. The van der Waals surface area contributed by atoms with E-state index in [2.05, 4.69) is 33.4 Å². The van der Waals surface area contributed by atoms with Crippen molar-refractivity contribution in [3.8, 4) is 0 Å². The fourth-order valence-electron chi connectivity index (χ4n) is 10.9. The molecule has 4 fully saturated rings. The molecule has 0 bridgehead atoms. The van der Waals surface area contributed by atoms with Gasteiger partial charge in [0.25, 0.3) is 0 Å². The summed E-state index contributed by atoms with van der Waals surface area (Å²) in [5, 5.41) is 0. The quantitative estimate of drug-likeness (QED) is 0.273. The zero-order chi connectivity index (χ0) is 29.6. The Labute approximate surface area is 239 Å². The van der Waals surface area contributed by atoms with Crippen molar-refractivity contribution in [1.29, 1.82) is 0 Å². The minimum absolute atomic E-state index is 0.0694. The second-order valence-corrected chi connectivity index (χ2v) is 14.8. The number of carbonyl (C=O) groups is 4. The number of esters is 2. The Morgan fingerprint density at radius 1 is 1.02 bits per heavy atom. The monoisotopic (exact) mass is 552 g/mol. The van der Waals surface area contributed by atoms with E-state index in [0.717, 1.165) is 38.5 Å². The van der Waals surface area contributed by atoms with Crippen LogP contribution < -0.4 is 0 Å². The predicted molar refractivity (Wildman–Crippen MR) is 152 cm³/mol. The van der Waals surface area contributed by atoms with E-state index in [1.807, 2.05) is 26.8 Å². The summed E-state index contributed by atoms with van der Waals surface area (Å²) in [7, 11) is 0. The molecule has 0 aromatic carbocycles. The van der Waals surface area contributed by atoms with Crippen LogP contribution in [0, 0.1) is 57.2 Å². The first kappa shape index (κ1) is 29.3. The van der Waals surface area contributed by atoms with E-state index in [1.54, 1.807) is 0 Å². The van der Waals surface area contributed by atoms with E-state index >= 15 is 0 Å². The van der Waals surface area contributed by atoms with Gasteiger partial charge in [0.2, 0.25) is 0 Å². The van der Waals surface area contributed by atoms with Gasteiger partial charge < -0.3 is 9.47 Å². The third-order valence-electron chi connectivity index (χ3n) is 13.0. The third-order valence-corrected chi connectivity index (χ3v) is 13.0. The molecule has 0 unspecified atom stereocenters. The Balaban J connectivity index is 1.55. The van der Waals surface area contributed by atoms with E-state index in [1.165, 1.54) is 13.8 Å². The Hall–Kier alpha value is -2.24. The number of allylic oxidation sites excluding steroid dienone is 2. The first-order valence-electron chi connectivity index (χ1n) is 15.4. The summed E-state index contributed by atoms with van der Waals surface area (Å²) in [5.41, 5.74) is 0.361. The lowest BCUT2D eigenvalue weighted by Crippen LogP contribution is -2.56. The van der Waals surface area contributed by atoms with Gasteiger partial charge in [0.1, 0.15) is 6.10 Å². The molecule has 5 aliphatic carbocycles. The predicted octanol–water partition coefficient (Wildman–Crippen LogP) is 6.27. The first-order valence-corrected chi connectivity index (χ1v) is 15.4. The van der Waals surface area contributed by atoms with Crippen LogP contribution in [0.1, 0.15) is 93.9 Å². The van der Waals surface area contributed by atoms with Crippen LogP contribution in [-0.4, -0.2) is 35.7 Å². The molecule has 220 valence electrons. The van der Waals surface area contributed by atoms with Crippen molar-refractivity contribution in [3.63, 3.8) is 0 Å². The molecule has 2 spiro atoms. The van der Waals surface area contributed by atoms with E-state index in [4.69, 9.17) is 9.47 Å². The highest BCUT2D eigenvalue weighted by Gasteiger charge is 2.81. The van der Waals surface area contributed by atoms with Crippen LogP contribution in [-0.2, 0) is 28.7 Å². The normalized spacial score (nSPS) is 44.4. The SMILES string of the molecule is C=C(C(=O)[C@@H](OC(C)=O)[C@H](C)[C@@H]1[C@H](OC(C)=O)C[C@]2(C)[C@H]3CC[C@@H]4[C@@H](C)C(=O)C=C[C@@]45C[C@]35CC[C@@]12C)C(C)C. The molecule has 5 rings (SSSR count). The van der Waals surface area contributed by atoms with Gasteiger partial charge in [-0.15, -0.1) is 0 Å². The Bertz CT molecular complexity index is 1180. The van der Waals surface area contributed by atoms with Crippen LogP contribution in [0.3, 0.4) is 0 Å². The average molecular weight is 553 g/mol. The highest BCUT2D eigenvalue weighted by Crippen LogP contribution is 2.87. The zero-order valence-electron chi connectivity index (χ0n) is 25.7. The molecule has 11 atom stereocenters. The number of ketones is 2. The number of rotatable bonds is 7. The molecule has 4 saturated carbocycles. The molecular formula is C34H48O6. The molecule has 6 nitrogen and oxygen atoms in total. The molecule has 0 aromatic heterocycles. The van der Waals surface area contributed by atoms with Gasteiger partial charge in [-0.05, 0) is 89.6 Å². The summed E-state index contributed by atoms with van der Waals surface area (Å²) in [4.78, 5) is 51.0. The maximum Gasteiger partial charge on any atom is 0.303 e. The van der Waals surface area contributed by atoms with Crippen molar-refractivity contribution in [1.82, 2.24) is 0 Å². The van der Waals surface area contributed by atoms with Gasteiger partial charge in [-0.2, -0.15) is 0 Å². The van der Waals surface area contributed by atoms with Crippen LogP contribution in [0.2, 0.25) is 0 Å². The number of Topliss-reactive ketones (excluding diaryl/α,β-unsaturated/α-hetero) is 1. The van der Waals surface area contributed by atoms with E-state index in [-0.39, 0.29) is 69.0 Å². The number of ether oxygens (including phenoxy) is 2. The lowest BCUT2D eigenvalue weighted by molar-refractivity contribution is -0.166. The minimum Gasteiger partial charge on any atom is -0.462 e. The van der Waals surface area contributed by atoms with Gasteiger partial charge in [-0.1, -0.05) is 54.2 Å². The number of fused-ring (bicyclic) bond motifs is 2. The molecule has 0 amide bonds. The highest BCUT2D eigenvalue weighted by atomic mass is 16.6. The largest absolute Gasteiger partial charge is 0.462 e. The van der Waals surface area contributed by atoms with Crippen LogP contribution >= 0.6 is 0 Å². The smallest absolute Gasteiger partial charge is 0.303 e.